The third kappa shape index (κ3) is 5.47. The normalized spacial score (nSPS) is 10.6. The maximum Gasteiger partial charge on any atom is 0.355 e. The van der Waals surface area contributed by atoms with Gasteiger partial charge in [-0.3, -0.25) is 4.79 Å². The fourth-order valence-corrected chi connectivity index (χ4v) is 2.53. The zero-order valence-corrected chi connectivity index (χ0v) is 16.4. The third-order valence-corrected chi connectivity index (χ3v) is 3.71. The van der Waals surface area contributed by atoms with Crippen LogP contribution in [-0.4, -0.2) is 53.5 Å². The van der Waals surface area contributed by atoms with Gasteiger partial charge in [-0.25, -0.2) is 9.59 Å². The first kappa shape index (κ1) is 21.5. The summed E-state index contributed by atoms with van der Waals surface area (Å²) in [6.45, 7) is 14.8. The van der Waals surface area contributed by atoms with Crippen molar-refractivity contribution in [1.29, 1.82) is 0 Å². The molecule has 1 aromatic heterocycles. The summed E-state index contributed by atoms with van der Waals surface area (Å²) in [5.41, 5.74) is 2.27. The molecule has 0 aromatic carbocycles. The standard InChI is InChI=1S/C19H28N2O5/c1-8-21(9-11(2)3)15(22)10-25-19(24)17-13(6)16(14(7)20-17)18(23)26-12(4)5/h12,20H,2,8-10H2,1,3-7H3. The van der Waals surface area contributed by atoms with Crippen LogP contribution in [0.2, 0.25) is 0 Å². The van der Waals surface area contributed by atoms with Gasteiger partial charge >= 0.3 is 11.9 Å². The van der Waals surface area contributed by atoms with Crippen LogP contribution in [0.5, 0.6) is 0 Å². The highest BCUT2D eigenvalue weighted by atomic mass is 16.5. The average Bonchev–Trinajstić information content (AvgIpc) is 2.83. The van der Waals surface area contributed by atoms with Crippen molar-refractivity contribution < 1.29 is 23.9 Å². The topological polar surface area (TPSA) is 88.7 Å². The largest absolute Gasteiger partial charge is 0.459 e. The summed E-state index contributed by atoms with van der Waals surface area (Å²) in [6.07, 6.45) is -0.266. The Bertz CT molecular complexity index is 703. The first-order valence-corrected chi connectivity index (χ1v) is 8.57. The number of carbonyl (C=O) groups is 3. The Morgan fingerprint density at radius 3 is 2.31 bits per heavy atom. The molecule has 1 N–H and O–H groups in total. The van der Waals surface area contributed by atoms with Crippen molar-refractivity contribution in [3.05, 3.63) is 34.7 Å². The second-order valence-electron chi connectivity index (χ2n) is 6.52. The van der Waals surface area contributed by atoms with E-state index in [-0.39, 0.29) is 24.3 Å². The van der Waals surface area contributed by atoms with Crippen LogP contribution in [0.4, 0.5) is 0 Å². The molecule has 7 heteroatoms. The molecule has 1 amide bonds. The van der Waals surface area contributed by atoms with E-state index in [1.165, 1.54) is 0 Å². The monoisotopic (exact) mass is 364 g/mol. The zero-order chi connectivity index (χ0) is 20.0. The number of amides is 1. The molecule has 7 nitrogen and oxygen atoms in total. The van der Waals surface area contributed by atoms with Crippen LogP contribution in [0.25, 0.3) is 0 Å². The summed E-state index contributed by atoms with van der Waals surface area (Å²) < 4.78 is 10.3. The third-order valence-electron chi connectivity index (χ3n) is 3.71. The lowest BCUT2D eigenvalue weighted by atomic mass is 10.1. The maximum absolute atomic E-state index is 12.3. The summed E-state index contributed by atoms with van der Waals surface area (Å²) in [6, 6.07) is 0. The van der Waals surface area contributed by atoms with E-state index >= 15 is 0 Å². The molecule has 0 unspecified atom stereocenters. The quantitative estimate of drug-likeness (QED) is 0.566. The Balaban J connectivity index is 2.84. The van der Waals surface area contributed by atoms with Crippen molar-refractivity contribution in [1.82, 2.24) is 9.88 Å². The maximum atomic E-state index is 12.3. The van der Waals surface area contributed by atoms with E-state index in [0.717, 1.165) is 5.57 Å². The van der Waals surface area contributed by atoms with Gasteiger partial charge in [0, 0.05) is 18.8 Å². The molecule has 144 valence electrons. The lowest BCUT2D eigenvalue weighted by Gasteiger charge is -2.20. The minimum absolute atomic E-state index is 0.147. The number of aromatic amines is 1. The molecule has 26 heavy (non-hydrogen) atoms. The van der Waals surface area contributed by atoms with Gasteiger partial charge in [-0.1, -0.05) is 12.2 Å². The highest BCUT2D eigenvalue weighted by Gasteiger charge is 2.25. The first-order chi connectivity index (χ1) is 12.1. The van der Waals surface area contributed by atoms with Crippen molar-refractivity contribution in [3.8, 4) is 0 Å². The summed E-state index contributed by atoms with van der Waals surface area (Å²) in [5, 5.41) is 0. The Hall–Kier alpha value is -2.57. The smallest absolute Gasteiger partial charge is 0.355 e. The number of carbonyl (C=O) groups excluding carboxylic acids is 3. The fourth-order valence-electron chi connectivity index (χ4n) is 2.53. The van der Waals surface area contributed by atoms with Gasteiger partial charge in [0.15, 0.2) is 6.61 Å². The number of hydrogen-bond acceptors (Lipinski definition) is 5. The second kappa shape index (κ2) is 9.22. The first-order valence-electron chi connectivity index (χ1n) is 8.57. The molecule has 0 fully saturated rings. The van der Waals surface area contributed by atoms with E-state index in [0.29, 0.717) is 29.9 Å². The highest BCUT2D eigenvalue weighted by molar-refractivity contribution is 5.99. The summed E-state index contributed by atoms with van der Waals surface area (Å²) in [4.78, 5) is 41.0. The summed E-state index contributed by atoms with van der Waals surface area (Å²) in [7, 11) is 0. The number of aromatic nitrogens is 1. The van der Waals surface area contributed by atoms with Crippen LogP contribution in [-0.2, 0) is 14.3 Å². The molecular weight excluding hydrogens is 336 g/mol. The molecule has 1 rings (SSSR count). The minimum atomic E-state index is -0.686. The van der Waals surface area contributed by atoms with Crippen LogP contribution in [0.1, 0.15) is 59.8 Å². The predicted octanol–water partition coefficient (Wildman–Crippen LogP) is 2.78. The number of likely N-dealkylation sites (N-methyl/N-ethyl adjacent to an activating group) is 1. The molecule has 0 aliphatic rings. The van der Waals surface area contributed by atoms with Gasteiger partial charge in [0.2, 0.25) is 0 Å². The number of esters is 2. The molecule has 0 saturated heterocycles. The number of nitrogens with zero attached hydrogens (tertiary/aromatic N) is 1. The van der Waals surface area contributed by atoms with Crippen molar-refractivity contribution in [2.75, 3.05) is 19.7 Å². The lowest BCUT2D eigenvalue weighted by Crippen LogP contribution is -2.35. The van der Waals surface area contributed by atoms with Gasteiger partial charge < -0.3 is 19.4 Å². The number of hydrogen-bond donors (Lipinski definition) is 1. The van der Waals surface area contributed by atoms with Gasteiger partial charge in [-0.15, -0.1) is 0 Å². The number of H-pyrrole nitrogens is 1. The van der Waals surface area contributed by atoms with E-state index in [2.05, 4.69) is 11.6 Å². The zero-order valence-electron chi connectivity index (χ0n) is 16.4. The van der Waals surface area contributed by atoms with E-state index in [1.807, 2.05) is 13.8 Å². The van der Waals surface area contributed by atoms with Crippen molar-refractivity contribution in [2.24, 2.45) is 0 Å². The molecule has 1 aromatic rings. The van der Waals surface area contributed by atoms with E-state index < -0.39 is 11.9 Å². The summed E-state index contributed by atoms with van der Waals surface area (Å²) in [5.74, 6) is -1.49. The molecule has 0 aliphatic carbocycles. The van der Waals surface area contributed by atoms with Gasteiger partial charge in [0.05, 0.1) is 11.7 Å². The van der Waals surface area contributed by atoms with Crippen LogP contribution >= 0.6 is 0 Å². The number of ether oxygens (including phenoxy) is 2. The fraction of sp³-hybridized carbons (Fsp3) is 0.526. The van der Waals surface area contributed by atoms with Crippen LogP contribution in [0, 0.1) is 13.8 Å². The molecule has 0 saturated carbocycles. The van der Waals surface area contributed by atoms with Crippen LogP contribution in [0.3, 0.4) is 0 Å². The summed E-state index contributed by atoms with van der Waals surface area (Å²) >= 11 is 0. The Kier molecular flexibility index (Phi) is 7.61. The molecule has 0 bridgehead atoms. The van der Waals surface area contributed by atoms with Gasteiger partial charge in [-0.2, -0.15) is 0 Å². The average molecular weight is 364 g/mol. The molecule has 0 atom stereocenters. The van der Waals surface area contributed by atoms with E-state index in [4.69, 9.17) is 9.47 Å². The Morgan fingerprint density at radius 2 is 1.81 bits per heavy atom. The Labute approximate surface area is 154 Å². The SMILES string of the molecule is C=C(C)CN(CC)C(=O)COC(=O)c1[nH]c(C)c(C(=O)OC(C)C)c1C. The molecule has 0 radical (unpaired) electrons. The van der Waals surface area contributed by atoms with Crippen molar-refractivity contribution in [2.45, 2.75) is 47.6 Å². The predicted molar refractivity (Wildman–Crippen MR) is 98.2 cm³/mol. The minimum Gasteiger partial charge on any atom is -0.459 e. The number of nitrogens with one attached hydrogen (secondary N) is 1. The van der Waals surface area contributed by atoms with Crippen molar-refractivity contribution >= 4 is 17.8 Å². The molecule has 0 spiro atoms. The lowest BCUT2D eigenvalue weighted by molar-refractivity contribution is -0.133. The molecular formula is C19H28N2O5. The Morgan fingerprint density at radius 1 is 1.19 bits per heavy atom. The van der Waals surface area contributed by atoms with Gasteiger partial charge in [-0.05, 0) is 47.1 Å². The molecule has 0 aliphatic heterocycles. The van der Waals surface area contributed by atoms with Crippen LogP contribution < -0.4 is 0 Å². The highest BCUT2D eigenvalue weighted by Crippen LogP contribution is 2.20. The van der Waals surface area contributed by atoms with E-state index in [9.17, 15) is 14.4 Å². The van der Waals surface area contributed by atoms with Crippen molar-refractivity contribution in [3.63, 3.8) is 0 Å². The number of rotatable bonds is 8. The second-order valence-corrected chi connectivity index (χ2v) is 6.52. The van der Waals surface area contributed by atoms with Crippen LogP contribution in [0.15, 0.2) is 12.2 Å². The molecule has 1 heterocycles. The number of aryl methyl sites for hydroxylation is 1. The van der Waals surface area contributed by atoms with E-state index in [1.54, 1.807) is 32.6 Å². The van der Waals surface area contributed by atoms with Gasteiger partial charge in [0.1, 0.15) is 5.69 Å². The van der Waals surface area contributed by atoms with Gasteiger partial charge in [0.25, 0.3) is 5.91 Å².